The first kappa shape index (κ1) is 15.3. The lowest BCUT2D eigenvalue weighted by molar-refractivity contribution is -0.109. The lowest BCUT2D eigenvalue weighted by atomic mass is 10.1. The number of benzene rings is 1. The Morgan fingerprint density at radius 2 is 2.16 bits per heavy atom. The monoisotopic (exact) mass is 279 g/mol. The Labute approximate surface area is 117 Å². The van der Waals surface area contributed by atoms with E-state index in [0.29, 0.717) is 23.6 Å². The molecule has 0 aliphatic carbocycles. The molecular weight excluding hydrogens is 262 g/mol. The van der Waals surface area contributed by atoms with E-state index in [9.17, 15) is 9.59 Å². The number of hydrogen-bond acceptors (Lipinski definition) is 5. The summed E-state index contributed by atoms with van der Waals surface area (Å²) in [6.45, 7) is 3.59. The van der Waals surface area contributed by atoms with Gasteiger partial charge in [0.05, 0.1) is 12.2 Å². The van der Waals surface area contributed by atoms with Crippen molar-refractivity contribution in [1.82, 2.24) is 0 Å². The van der Waals surface area contributed by atoms with Gasteiger partial charge in [0.2, 0.25) is 0 Å². The van der Waals surface area contributed by atoms with Gasteiger partial charge in [0.15, 0.2) is 5.12 Å². The van der Waals surface area contributed by atoms with Gasteiger partial charge >= 0.3 is 5.97 Å². The summed E-state index contributed by atoms with van der Waals surface area (Å²) in [5.74, 6) is 0.183. The minimum Gasteiger partial charge on any atom is -0.462 e. The molecule has 4 nitrogen and oxygen atoms in total. The van der Waals surface area contributed by atoms with Crippen molar-refractivity contribution >= 4 is 34.6 Å². The first-order chi connectivity index (χ1) is 9.04. The Kier molecular flexibility index (Phi) is 6.15. The molecule has 0 spiro atoms. The molecular formula is C14H17NO3S. The molecule has 102 valence electrons. The highest BCUT2D eigenvalue weighted by Gasteiger charge is 2.10. The molecule has 0 unspecified atom stereocenters. The van der Waals surface area contributed by atoms with Crippen LogP contribution >= 0.6 is 11.8 Å². The molecule has 0 aliphatic heterocycles. The number of hydrogen-bond donors (Lipinski definition) is 1. The van der Waals surface area contributed by atoms with Gasteiger partial charge in [0, 0.05) is 18.4 Å². The molecule has 0 bridgehead atoms. The van der Waals surface area contributed by atoms with Crippen molar-refractivity contribution in [3.63, 3.8) is 0 Å². The zero-order valence-corrected chi connectivity index (χ0v) is 11.8. The summed E-state index contributed by atoms with van der Waals surface area (Å²) in [5.41, 5.74) is 7.35. The average molecular weight is 279 g/mol. The maximum absolute atomic E-state index is 11.7. The quantitative estimate of drug-likeness (QED) is 0.663. The number of nitrogen functional groups attached to an aromatic ring is 1. The first-order valence-electron chi connectivity index (χ1n) is 5.91. The maximum atomic E-state index is 11.7. The Bertz CT molecular complexity index is 497. The van der Waals surface area contributed by atoms with E-state index in [1.807, 2.05) is 18.2 Å². The highest BCUT2D eigenvalue weighted by Crippen LogP contribution is 2.17. The molecule has 0 saturated carbocycles. The third-order valence-electron chi connectivity index (χ3n) is 2.27. The number of ether oxygens (including phenoxy) is 1. The number of carbonyl (C=O) groups is 2. The van der Waals surface area contributed by atoms with Gasteiger partial charge in [0.25, 0.3) is 0 Å². The summed E-state index contributed by atoms with van der Waals surface area (Å²) in [7, 11) is 0. The molecule has 0 aliphatic rings. The molecule has 1 rings (SSSR count). The fourth-order valence-electron chi connectivity index (χ4n) is 1.41. The first-order valence-corrected chi connectivity index (χ1v) is 6.89. The topological polar surface area (TPSA) is 69.4 Å². The Morgan fingerprint density at radius 1 is 1.42 bits per heavy atom. The van der Waals surface area contributed by atoms with E-state index in [2.05, 4.69) is 0 Å². The van der Waals surface area contributed by atoms with Gasteiger partial charge in [-0.15, -0.1) is 0 Å². The fourth-order valence-corrected chi connectivity index (χ4v) is 1.84. The van der Waals surface area contributed by atoms with Crippen LogP contribution < -0.4 is 5.73 Å². The normalized spacial score (nSPS) is 10.6. The molecule has 0 aromatic heterocycles. The molecule has 2 N–H and O–H groups in total. The van der Waals surface area contributed by atoms with Gasteiger partial charge in [-0.1, -0.05) is 30.0 Å². The van der Waals surface area contributed by atoms with Crippen molar-refractivity contribution in [2.75, 3.05) is 18.1 Å². The van der Waals surface area contributed by atoms with Gasteiger partial charge in [-0.05, 0) is 24.6 Å². The minimum absolute atomic E-state index is 0.0779. The lowest BCUT2D eigenvalue weighted by Crippen LogP contribution is -2.08. The fraction of sp³-hybridized carbons (Fsp3) is 0.286. The third-order valence-corrected chi connectivity index (χ3v) is 3.03. The van der Waals surface area contributed by atoms with Crippen LogP contribution in [-0.4, -0.2) is 23.4 Å². The van der Waals surface area contributed by atoms with Crippen molar-refractivity contribution in [2.24, 2.45) is 0 Å². The lowest BCUT2D eigenvalue weighted by Gasteiger charge is -2.06. The number of nitrogens with two attached hydrogens (primary N) is 1. The van der Waals surface area contributed by atoms with Crippen LogP contribution in [0.15, 0.2) is 24.3 Å². The van der Waals surface area contributed by atoms with Crippen LogP contribution in [0, 0.1) is 0 Å². The van der Waals surface area contributed by atoms with Crippen molar-refractivity contribution in [3.8, 4) is 0 Å². The molecule has 0 amide bonds. The second-order valence-corrected chi connectivity index (χ2v) is 4.97. The van der Waals surface area contributed by atoms with Crippen molar-refractivity contribution in [2.45, 2.75) is 13.8 Å². The van der Waals surface area contributed by atoms with Gasteiger partial charge < -0.3 is 10.5 Å². The van der Waals surface area contributed by atoms with Crippen molar-refractivity contribution in [1.29, 1.82) is 0 Å². The molecule has 0 radical (unpaired) electrons. The molecule has 0 fully saturated rings. The van der Waals surface area contributed by atoms with Crippen molar-refractivity contribution < 1.29 is 14.3 Å². The Morgan fingerprint density at radius 3 is 2.79 bits per heavy atom. The van der Waals surface area contributed by atoms with Gasteiger partial charge in [-0.2, -0.15) is 0 Å². The standard InChI is InChI=1S/C14H17NO3S/c1-3-18-14(17)12-9-11(6-7-13(12)15)5-4-8-19-10(2)16/h4-7,9H,3,8,15H2,1-2H3. The molecule has 0 heterocycles. The van der Waals surface area contributed by atoms with Crippen LogP contribution in [0.3, 0.4) is 0 Å². The summed E-state index contributed by atoms with van der Waals surface area (Å²) in [6, 6.07) is 5.17. The maximum Gasteiger partial charge on any atom is 0.340 e. The van der Waals surface area contributed by atoms with Gasteiger partial charge in [-0.3, -0.25) is 4.79 Å². The number of carbonyl (C=O) groups excluding carboxylic acids is 2. The van der Waals surface area contributed by atoms with E-state index in [0.717, 1.165) is 5.56 Å². The van der Waals surface area contributed by atoms with E-state index < -0.39 is 5.97 Å². The highest BCUT2D eigenvalue weighted by molar-refractivity contribution is 8.13. The minimum atomic E-state index is -0.423. The Hall–Kier alpha value is -1.75. The summed E-state index contributed by atoms with van der Waals surface area (Å²) >= 11 is 1.23. The molecule has 0 saturated heterocycles. The SMILES string of the molecule is CCOC(=O)c1cc(C=CCSC(C)=O)ccc1N. The van der Waals surface area contributed by atoms with E-state index >= 15 is 0 Å². The zero-order chi connectivity index (χ0) is 14.3. The smallest absolute Gasteiger partial charge is 0.340 e. The van der Waals surface area contributed by atoms with Crippen LogP contribution in [0.5, 0.6) is 0 Å². The number of anilines is 1. The van der Waals surface area contributed by atoms with E-state index in [1.54, 1.807) is 19.1 Å². The van der Waals surface area contributed by atoms with Gasteiger partial charge in [0.1, 0.15) is 0 Å². The van der Waals surface area contributed by atoms with Crippen LogP contribution in [0.1, 0.15) is 29.8 Å². The number of thioether (sulfide) groups is 1. The van der Waals surface area contributed by atoms with Gasteiger partial charge in [-0.25, -0.2) is 4.79 Å². The second kappa shape index (κ2) is 7.63. The third kappa shape index (κ3) is 5.18. The van der Waals surface area contributed by atoms with E-state index in [-0.39, 0.29) is 5.12 Å². The summed E-state index contributed by atoms with van der Waals surface area (Å²) in [6.07, 6.45) is 3.71. The average Bonchev–Trinajstić information content (AvgIpc) is 2.36. The molecule has 1 aromatic carbocycles. The summed E-state index contributed by atoms with van der Waals surface area (Å²) in [5, 5.41) is 0.0779. The van der Waals surface area contributed by atoms with Crippen molar-refractivity contribution in [3.05, 3.63) is 35.4 Å². The molecule has 1 aromatic rings. The predicted molar refractivity (Wildman–Crippen MR) is 79.0 cm³/mol. The number of esters is 1. The highest BCUT2D eigenvalue weighted by atomic mass is 32.2. The Balaban J connectivity index is 2.78. The summed E-state index contributed by atoms with van der Waals surface area (Å²) in [4.78, 5) is 22.4. The predicted octanol–water partition coefficient (Wildman–Crippen LogP) is 2.74. The second-order valence-electron chi connectivity index (χ2n) is 3.77. The zero-order valence-electron chi connectivity index (χ0n) is 11.0. The molecule has 0 atom stereocenters. The van der Waals surface area contributed by atoms with E-state index in [4.69, 9.17) is 10.5 Å². The van der Waals surface area contributed by atoms with Crippen LogP contribution in [0.4, 0.5) is 5.69 Å². The van der Waals surface area contributed by atoms with Crippen LogP contribution in [0.2, 0.25) is 0 Å². The van der Waals surface area contributed by atoms with E-state index in [1.165, 1.54) is 18.7 Å². The largest absolute Gasteiger partial charge is 0.462 e. The molecule has 5 heteroatoms. The molecule has 19 heavy (non-hydrogen) atoms. The number of rotatable bonds is 5. The van der Waals surface area contributed by atoms with Crippen LogP contribution in [-0.2, 0) is 9.53 Å². The van der Waals surface area contributed by atoms with Crippen LogP contribution in [0.25, 0.3) is 6.08 Å². The summed E-state index contributed by atoms with van der Waals surface area (Å²) < 4.78 is 4.93.